The minimum Gasteiger partial charge on any atom is -0.384 e. The van der Waals surface area contributed by atoms with E-state index < -0.39 is 0 Å². The van der Waals surface area contributed by atoms with Crippen molar-refractivity contribution in [2.24, 2.45) is 0 Å². The van der Waals surface area contributed by atoms with Crippen molar-refractivity contribution in [2.75, 3.05) is 24.1 Å². The quantitative estimate of drug-likeness (QED) is 0.865. The largest absolute Gasteiger partial charge is 0.384 e. The maximum absolute atomic E-state index is 5.65. The average molecular weight is 346 g/mol. The molecule has 130 valence electrons. The molecule has 1 aliphatic heterocycles. The lowest BCUT2D eigenvalue weighted by atomic mass is 10.1. The zero-order chi connectivity index (χ0) is 16.9. The Bertz CT molecular complexity index is 637. The molecule has 1 atom stereocenters. The Balaban J connectivity index is 1.51. The summed E-state index contributed by atoms with van der Waals surface area (Å²) in [5.41, 5.74) is 7.93. The van der Waals surface area contributed by atoms with Crippen molar-refractivity contribution in [1.29, 1.82) is 0 Å². The van der Waals surface area contributed by atoms with E-state index in [0.29, 0.717) is 17.8 Å². The Hall–Kier alpha value is -1.66. The highest BCUT2D eigenvalue weighted by molar-refractivity contribution is 7.09. The lowest BCUT2D eigenvalue weighted by Gasteiger charge is -2.20. The van der Waals surface area contributed by atoms with Gasteiger partial charge in [-0.3, -0.25) is 4.90 Å². The van der Waals surface area contributed by atoms with E-state index in [2.05, 4.69) is 34.4 Å². The molecule has 0 aromatic carbocycles. The summed E-state index contributed by atoms with van der Waals surface area (Å²) in [5.74, 6) is 1.09. The third kappa shape index (κ3) is 4.68. The molecule has 24 heavy (non-hydrogen) atoms. The molecule has 5 nitrogen and oxygen atoms in total. The van der Waals surface area contributed by atoms with E-state index in [1.54, 1.807) is 11.3 Å². The molecule has 0 unspecified atom stereocenters. The maximum atomic E-state index is 5.65. The van der Waals surface area contributed by atoms with Crippen LogP contribution in [0.15, 0.2) is 23.7 Å². The fraction of sp³-hybridized carbons (Fsp3) is 0.556. The van der Waals surface area contributed by atoms with Crippen LogP contribution in [0.3, 0.4) is 0 Å². The number of hydrogen-bond acceptors (Lipinski definition) is 6. The van der Waals surface area contributed by atoms with Gasteiger partial charge in [0.25, 0.3) is 0 Å². The van der Waals surface area contributed by atoms with Crippen LogP contribution < -0.4 is 11.1 Å². The molecule has 3 N–H and O–H groups in total. The molecule has 2 aromatic heterocycles. The molecule has 3 heterocycles. The van der Waals surface area contributed by atoms with Gasteiger partial charge in [0.1, 0.15) is 5.82 Å². The predicted octanol–water partition coefficient (Wildman–Crippen LogP) is 3.71. The predicted molar refractivity (Wildman–Crippen MR) is 101 cm³/mol. The third-order valence-corrected chi connectivity index (χ3v) is 5.62. The maximum Gasteiger partial charge on any atom is 0.123 e. The second-order valence-electron chi connectivity index (χ2n) is 6.85. The summed E-state index contributed by atoms with van der Waals surface area (Å²) >= 11 is 1.79. The number of nitrogens with two attached hydrogens (primary N) is 1. The topological polar surface area (TPSA) is 67.1 Å². The van der Waals surface area contributed by atoms with Gasteiger partial charge in [-0.2, -0.15) is 0 Å². The normalized spacial score (nSPS) is 19.4. The van der Waals surface area contributed by atoms with Gasteiger partial charge in [-0.25, -0.2) is 9.97 Å². The van der Waals surface area contributed by atoms with Crippen LogP contribution in [-0.4, -0.2) is 34.0 Å². The number of nitrogens with zero attached hydrogens (tertiary/aromatic N) is 3. The first-order valence-electron chi connectivity index (χ1n) is 8.75. The monoisotopic (exact) mass is 345 g/mol. The van der Waals surface area contributed by atoms with Crippen molar-refractivity contribution < 1.29 is 0 Å². The molecule has 3 rings (SSSR count). The van der Waals surface area contributed by atoms with Crippen molar-refractivity contribution in [3.05, 3.63) is 34.4 Å². The average Bonchev–Trinajstić information content (AvgIpc) is 2.92. The first kappa shape index (κ1) is 17.2. The molecule has 1 saturated heterocycles. The summed E-state index contributed by atoms with van der Waals surface area (Å²) in [6.45, 7) is 7.63. The lowest BCUT2D eigenvalue weighted by Crippen LogP contribution is -2.26. The van der Waals surface area contributed by atoms with E-state index in [1.807, 2.05) is 18.3 Å². The van der Waals surface area contributed by atoms with Gasteiger partial charge in [-0.1, -0.05) is 13.8 Å². The van der Waals surface area contributed by atoms with Crippen molar-refractivity contribution in [3.8, 4) is 0 Å². The van der Waals surface area contributed by atoms with E-state index >= 15 is 0 Å². The van der Waals surface area contributed by atoms with Crippen molar-refractivity contribution in [1.82, 2.24) is 14.9 Å². The molecule has 1 fully saturated rings. The SMILES string of the molecule is CC(C)c1nc(CN2CCC[C@@H](Nc3ccc(N)nc3)CC2)cs1. The molecule has 2 aromatic rings. The van der Waals surface area contributed by atoms with Crippen LogP contribution in [0.2, 0.25) is 0 Å². The Labute approximate surface area is 148 Å². The second-order valence-corrected chi connectivity index (χ2v) is 7.74. The summed E-state index contributed by atoms with van der Waals surface area (Å²) in [6.07, 6.45) is 5.36. The molecule has 0 aliphatic carbocycles. The van der Waals surface area contributed by atoms with Crippen LogP contribution in [-0.2, 0) is 6.54 Å². The Morgan fingerprint density at radius 2 is 2.21 bits per heavy atom. The van der Waals surface area contributed by atoms with Gasteiger partial charge < -0.3 is 11.1 Å². The van der Waals surface area contributed by atoms with Crippen molar-refractivity contribution >= 4 is 22.8 Å². The van der Waals surface area contributed by atoms with Crippen LogP contribution in [0.25, 0.3) is 0 Å². The Morgan fingerprint density at radius 3 is 2.92 bits per heavy atom. The molecule has 0 saturated carbocycles. The summed E-state index contributed by atoms with van der Waals surface area (Å²) in [5, 5.41) is 7.06. The van der Waals surface area contributed by atoms with Crippen LogP contribution in [0, 0.1) is 0 Å². The first-order valence-corrected chi connectivity index (χ1v) is 9.63. The van der Waals surface area contributed by atoms with Crippen molar-refractivity contribution in [2.45, 2.75) is 51.6 Å². The Kier molecular flexibility index (Phi) is 5.68. The van der Waals surface area contributed by atoms with Gasteiger partial charge in [-0.05, 0) is 37.9 Å². The number of nitrogens with one attached hydrogen (secondary N) is 1. The second kappa shape index (κ2) is 7.94. The fourth-order valence-corrected chi connectivity index (χ4v) is 3.90. The Morgan fingerprint density at radius 1 is 1.33 bits per heavy atom. The van der Waals surface area contributed by atoms with Crippen LogP contribution in [0.5, 0.6) is 0 Å². The summed E-state index contributed by atoms with van der Waals surface area (Å²) in [6, 6.07) is 4.36. The molecule has 0 spiro atoms. The number of hydrogen-bond donors (Lipinski definition) is 2. The van der Waals surface area contributed by atoms with Gasteiger partial charge in [0, 0.05) is 30.4 Å². The molecular weight excluding hydrogens is 318 g/mol. The highest BCUT2D eigenvalue weighted by atomic mass is 32.1. The summed E-state index contributed by atoms with van der Waals surface area (Å²) in [7, 11) is 0. The zero-order valence-electron chi connectivity index (χ0n) is 14.5. The standard InChI is InChI=1S/C18H27N5S/c1-13(2)18-22-16(12-24-18)11-23-8-3-4-14(7-9-23)21-15-5-6-17(19)20-10-15/h5-6,10,12-14,21H,3-4,7-9,11H2,1-2H3,(H2,19,20)/t14-/m1/s1. The molecule has 0 bridgehead atoms. The molecule has 6 heteroatoms. The van der Waals surface area contributed by atoms with Crippen LogP contribution in [0.4, 0.5) is 11.5 Å². The molecular formula is C18H27N5S. The zero-order valence-corrected chi connectivity index (χ0v) is 15.4. The molecule has 0 amide bonds. The summed E-state index contributed by atoms with van der Waals surface area (Å²) < 4.78 is 0. The van der Waals surface area contributed by atoms with E-state index in [-0.39, 0.29) is 0 Å². The molecule has 1 aliphatic rings. The van der Waals surface area contributed by atoms with Crippen LogP contribution >= 0.6 is 11.3 Å². The van der Waals surface area contributed by atoms with Gasteiger partial charge in [0.2, 0.25) is 0 Å². The molecule has 0 radical (unpaired) electrons. The number of anilines is 2. The highest BCUT2D eigenvalue weighted by Gasteiger charge is 2.18. The van der Waals surface area contributed by atoms with Gasteiger partial charge >= 0.3 is 0 Å². The third-order valence-electron chi connectivity index (χ3n) is 4.43. The summed E-state index contributed by atoms with van der Waals surface area (Å²) in [4.78, 5) is 11.5. The van der Waals surface area contributed by atoms with Gasteiger partial charge in [0.05, 0.1) is 22.6 Å². The van der Waals surface area contributed by atoms with E-state index in [4.69, 9.17) is 10.7 Å². The van der Waals surface area contributed by atoms with Gasteiger partial charge in [-0.15, -0.1) is 11.3 Å². The van der Waals surface area contributed by atoms with Crippen LogP contribution in [0.1, 0.15) is 49.7 Å². The minimum absolute atomic E-state index is 0.502. The fourth-order valence-electron chi connectivity index (χ4n) is 3.07. The van der Waals surface area contributed by atoms with E-state index in [9.17, 15) is 0 Å². The van der Waals surface area contributed by atoms with E-state index in [1.165, 1.54) is 23.5 Å². The van der Waals surface area contributed by atoms with Crippen molar-refractivity contribution in [3.63, 3.8) is 0 Å². The highest BCUT2D eigenvalue weighted by Crippen LogP contribution is 2.22. The number of aromatic nitrogens is 2. The lowest BCUT2D eigenvalue weighted by molar-refractivity contribution is 0.273. The number of likely N-dealkylation sites (tertiary alicyclic amines) is 1. The number of rotatable bonds is 5. The number of pyridine rings is 1. The van der Waals surface area contributed by atoms with E-state index in [0.717, 1.165) is 31.7 Å². The van der Waals surface area contributed by atoms with Gasteiger partial charge in [0.15, 0.2) is 0 Å². The number of thiazole rings is 1. The minimum atomic E-state index is 0.502. The number of nitrogen functional groups attached to an aromatic ring is 1. The first-order chi connectivity index (χ1) is 11.6. The smallest absolute Gasteiger partial charge is 0.123 e.